The van der Waals surface area contributed by atoms with E-state index in [9.17, 15) is 9.59 Å². The summed E-state index contributed by atoms with van der Waals surface area (Å²) < 4.78 is 0. The zero-order chi connectivity index (χ0) is 15.2. The van der Waals surface area contributed by atoms with Crippen molar-refractivity contribution in [3.05, 3.63) is 35.4 Å². The fourth-order valence-corrected chi connectivity index (χ4v) is 2.63. The minimum atomic E-state index is 0.0351. The number of piperidine rings is 1. The summed E-state index contributed by atoms with van der Waals surface area (Å²) in [5, 5.41) is 2.85. The number of amides is 2. The number of nitrogens with zero attached hydrogens (tertiary/aromatic N) is 1. The number of hydrogen-bond donors (Lipinski definition) is 2. The molecule has 21 heavy (non-hydrogen) atoms. The van der Waals surface area contributed by atoms with Gasteiger partial charge in [0.1, 0.15) is 0 Å². The molecule has 0 spiro atoms. The van der Waals surface area contributed by atoms with Gasteiger partial charge < -0.3 is 16.0 Å². The number of carbonyl (C=O) groups is 2. The molecule has 114 valence electrons. The average Bonchev–Trinajstić information content (AvgIpc) is 2.54. The van der Waals surface area contributed by atoms with Gasteiger partial charge in [0.15, 0.2) is 0 Å². The predicted molar refractivity (Wildman–Crippen MR) is 81.6 cm³/mol. The quantitative estimate of drug-likeness (QED) is 0.872. The van der Waals surface area contributed by atoms with Crippen molar-refractivity contribution in [2.24, 2.45) is 11.7 Å². The lowest BCUT2D eigenvalue weighted by Gasteiger charge is -2.31. The van der Waals surface area contributed by atoms with Crippen LogP contribution in [0, 0.1) is 5.92 Å². The highest BCUT2D eigenvalue weighted by atomic mass is 16.2. The van der Waals surface area contributed by atoms with Gasteiger partial charge in [-0.25, -0.2) is 0 Å². The molecule has 0 atom stereocenters. The summed E-state index contributed by atoms with van der Waals surface area (Å²) in [4.78, 5) is 26.0. The van der Waals surface area contributed by atoms with Gasteiger partial charge in [-0.1, -0.05) is 12.1 Å². The van der Waals surface area contributed by atoms with Crippen LogP contribution in [-0.4, -0.2) is 36.3 Å². The fourth-order valence-electron chi connectivity index (χ4n) is 2.63. The molecule has 0 aliphatic carbocycles. The third kappa shape index (κ3) is 3.82. The molecule has 1 aliphatic heterocycles. The van der Waals surface area contributed by atoms with Crippen molar-refractivity contribution >= 4 is 11.8 Å². The van der Waals surface area contributed by atoms with Gasteiger partial charge in [-0.2, -0.15) is 0 Å². The second-order valence-electron chi connectivity index (χ2n) is 5.36. The lowest BCUT2D eigenvalue weighted by molar-refractivity contribution is -0.126. The van der Waals surface area contributed by atoms with Crippen molar-refractivity contribution in [3.8, 4) is 0 Å². The number of nitrogens with two attached hydrogens (primary N) is 1. The Hall–Kier alpha value is -1.88. The summed E-state index contributed by atoms with van der Waals surface area (Å²) in [6, 6.07) is 7.41. The van der Waals surface area contributed by atoms with Crippen LogP contribution in [0.3, 0.4) is 0 Å². The summed E-state index contributed by atoms with van der Waals surface area (Å²) >= 11 is 0. The van der Waals surface area contributed by atoms with E-state index in [1.165, 1.54) is 0 Å². The molecule has 0 bridgehead atoms. The minimum Gasteiger partial charge on any atom is -0.356 e. The average molecular weight is 289 g/mol. The first-order chi connectivity index (χ1) is 10.2. The molecular formula is C16H23N3O2. The van der Waals surface area contributed by atoms with E-state index in [2.05, 4.69) is 5.32 Å². The highest BCUT2D eigenvalue weighted by Gasteiger charge is 2.27. The van der Waals surface area contributed by atoms with Crippen molar-refractivity contribution in [2.45, 2.75) is 26.3 Å². The summed E-state index contributed by atoms with van der Waals surface area (Å²) in [5.74, 6) is 0.179. The van der Waals surface area contributed by atoms with Gasteiger partial charge in [0.05, 0.1) is 0 Å². The third-order valence-electron chi connectivity index (χ3n) is 3.94. The van der Waals surface area contributed by atoms with Crippen LogP contribution in [0.5, 0.6) is 0 Å². The van der Waals surface area contributed by atoms with Gasteiger partial charge in [-0.3, -0.25) is 9.59 Å². The maximum Gasteiger partial charge on any atom is 0.253 e. The zero-order valence-electron chi connectivity index (χ0n) is 12.5. The Morgan fingerprint density at radius 2 is 1.86 bits per heavy atom. The first kappa shape index (κ1) is 15.5. The van der Waals surface area contributed by atoms with Gasteiger partial charge in [0.2, 0.25) is 5.91 Å². The van der Waals surface area contributed by atoms with Gasteiger partial charge in [-0.15, -0.1) is 0 Å². The number of carbonyl (C=O) groups excluding carboxylic acids is 2. The van der Waals surface area contributed by atoms with Crippen LogP contribution in [0.25, 0.3) is 0 Å². The van der Waals surface area contributed by atoms with Crippen LogP contribution in [-0.2, 0) is 11.3 Å². The molecule has 0 saturated carbocycles. The van der Waals surface area contributed by atoms with Crippen molar-refractivity contribution in [2.75, 3.05) is 19.6 Å². The molecular weight excluding hydrogens is 266 g/mol. The fraction of sp³-hybridized carbons (Fsp3) is 0.500. The highest BCUT2D eigenvalue weighted by Crippen LogP contribution is 2.19. The smallest absolute Gasteiger partial charge is 0.253 e. The molecule has 5 nitrogen and oxygen atoms in total. The molecule has 2 rings (SSSR count). The maximum absolute atomic E-state index is 12.4. The lowest BCUT2D eigenvalue weighted by Crippen LogP contribution is -2.43. The van der Waals surface area contributed by atoms with Crippen molar-refractivity contribution in [1.29, 1.82) is 0 Å². The monoisotopic (exact) mass is 289 g/mol. The standard InChI is InChI=1S/C16H23N3O2/c1-2-18-15(20)13-7-9-19(10-8-13)16(21)14-5-3-12(11-17)4-6-14/h3-6,13H,2,7-11,17H2,1H3,(H,18,20). The second kappa shape index (κ2) is 7.22. The molecule has 1 heterocycles. The lowest BCUT2D eigenvalue weighted by atomic mass is 9.95. The minimum absolute atomic E-state index is 0.0351. The van der Waals surface area contributed by atoms with E-state index < -0.39 is 0 Å². The van der Waals surface area contributed by atoms with E-state index >= 15 is 0 Å². The maximum atomic E-state index is 12.4. The third-order valence-corrected chi connectivity index (χ3v) is 3.94. The predicted octanol–water partition coefficient (Wildman–Crippen LogP) is 1.13. The molecule has 1 saturated heterocycles. The first-order valence-electron chi connectivity index (χ1n) is 7.51. The van der Waals surface area contributed by atoms with Crippen LogP contribution in [0.1, 0.15) is 35.7 Å². The Bertz CT molecular complexity index is 491. The number of likely N-dealkylation sites (tertiary alicyclic amines) is 1. The van der Waals surface area contributed by atoms with Crippen LogP contribution >= 0.6 is 0 Å². The molecule has 5 heteroatoms. The van der Waals surface area contributed by atoms with Gasteiger partial charge in [0.25, 0.3) is 5.91 Å². The van der Waals surface area contributed by atoms with Crippen LogP contribution in [0.15, 0.2) is 24.3 Å². The molecule has 1 fully saturated rings. The molecule has 1 aliphatic rings. The zero-order valence-corrected chi connectivity index (χ0v) is 12.5. The number of benzene rings is 1. The van der Waals surface area contributed by atoms with Crippen molar-refractivity contribution in [3.63, 3.8) is 0 Å². The summed E-state index contributed by atoms with van der Waals surface area (Å²) in [5.41, 5.74) is 7.25. The Balaban J connectivity index is 1.92. The topological polar surface area (TPSA) is 75.4 Å². The molecule has 2 amide bonds. The van der Waals surface area contributed by atoms with Crippen LogP contribution in [0.4, 0.5) is 0 Å². The Morgan fingerprint density at radius 3 is 2.38 bits per heavy atom. The summed E-state index contributed by atoms with van der Waals surface area (Å²) in [7, 11) is 0. The SMILES string of the molecule is CCNC(=O)C1CCN(C(=O)c2ccc(CN)cc2)CC1. The summed E-state index contributed by atoms with van der Waals surface area (Å²) in [6.45, 7) is 4.33. The van der Waals surface area contributed by atoms with Crippen LogP contribution < -0.4 is 11.1 Å². The van der Waals surface area contributed by atoms with E-state index in [0.29, 0.717) is 31.7 Å². The van der Waals surface area contributed by atoms with E-state index in [1.54, 1.807) is 0 Å². The number of hydrogen-bond acceptors (Lipinski definition) is 3. The number of rotatable bonds is 4. The van der Waals surface area contributed by atoms with E-state index in [-0.39, 0.29) is 17.7 Å². The summed E-state index contributed by atoms with van der Waals surface area (Å²) in [6.07, 6.45) is 1.47. The van der Waals surface area contributed by atoms with E-state index in [0.717, 1.165) is 18.4 Å². The largest absolute Gasteiger partial charge is 0.356 e. The first-order valence-corrected chi connectivity index (χ1v) is 7.51. The molecule has 1 aromatic rings. The van der Waals surface area contributed by atoms with Gasteiger partial charge in [-0.05, 0) is 37.5 Å². The van der Waals surface area contributed by atoms with Gasteiger partial charge in [0, 0.05) is 37.7 Å². The normalized spacial score (nSPS) is 15.8. The van der Waals surface area contributed by atoms with Crippen LogP contribution in [0.2, 0.25) is 0 Å². The molecule has 1 aromatic carbocycles. The molecule has 3 N–H and O–H groups in total. The second-order valence-corrected chi connectivity index (χ2v) is 5.36. The number of nitrogens with one attached hydrogen (secondary N) is 1. The van der Waals surface area contributed by atoms with Crippen molar-refractivity contribution in [1.82, 2.24) is 10.2 Å². The Labute approximate surface area is 125 Å². The van der Waals surface area contributed by atoms with Gasteiger partial charge >= 0.3 is 0 Å². The molecule has 0 unspecified atom stereocenters. The Kier molecular flexibility index (Phi) is 5.33. The van der Waals surface area contributed by atoms with E-state index in [1.807, 2.05) is 36.1 Å². The van der Waals surface area contributed by atoms with Crippen molar-refractivity contribution < 1.29 is 9.59 Å². The Morgan fingerprint density at radius 1 is 1.24 bits per heavy atom. The highest BCUT2D eigenvalue weighted by molar-refractivity contribution is 5.94. The molecule has 0 radical (unpaired) electrons. The van der Waals surface area contributed by atoms with E-state index in [4.69, 9.17) is 5.73 Å². The molecule has 0 aromatic heterocycles.